The van der Waals surface area contributed by atoms with Crippen LogP contribution in [0.25, 0.3) is 0 Å². The number of aliphatic imine (C=N–C) groups is 1. The average molecular weight is 543 g/mol. The molecule has 1 aromatic carbocycles. The van der Waals surface area contributed by atoms with E-state index in [0.717, 1.165) is 23.5 Å². The van der Waals surface area contributed by atoms with Gasteiger partial charge in [0.05, 0.1) is 13.1 Å². The first-order valence-electron chi connectivity index (χ1n) is 10.0. The molecule has 0 fully saturated rings. The first-order valence-corrected chi connectivity index (χ1v) is 10.0. The summed E-state index contributed by atoms with van der Waals surface area (Å²) in [6.07, 6.45) is 1.20. The van der Waals surface area contributed by atoms with Gasteiger partial charge in [0.25, 0.3) is 0 Å². The number of benzene rings is 1. The third-order valence-electron chi connectivity index (χ3n) is 4.13. The average Bonchev–Trinajstić information content (AvgIpc) is 3.08. The Morgan fingerprint density at radius 3 is 2.39 bits per heavy atom. The second-order valence-corrected chi connectivity index (χ2v) is 8.00. The number of ether oxygens (including phenoxy) is 1. The minimum atomic E-state index is -0.502. The van der Waals surface area contributed by atoms with Crippen LogP contribution in [0.1, 0.15) is 44.6 Å². The molecule has 0 saturated carbocycles. The molecule has 1 amide bonds. The third kappa shape index (κ3) is 9.53. The van der Waals surface area contributed by atoms with E-state index < -0.39 is 5.60 Å². The lowest BCUT2D eigenvalue weighted by molar-refractivity contribution is 0.0285. The van der Waals surface area contributed by atoms with E-state index in [1.54, 1.807) is 16.6 Å². The van der Waals surface area contributed by atoms with Crippen LogP contribution in [0.2, 0.25) is 0 Å². The smallest absolute Gasteiger partial charge is 0.410 e. The molecular weight excluding hydrogens is 509 g/mol. The molecule has 0 spiro atoms. The molecule has 2 aromatic rings. The predicted molar refractivity (Wildman–Crippen MR) is 132 cm³/mol. The van der Waals surface area contributed by atoms with Crippen molar-refractivity contribution in [1.82, 2.24) is 30.3 Å². The Morgan fingerprint density at radius 2 is 1.84 bits per heavy atom. The molecule has 2 N–H and O–H groups in total. The van der Waals surface area contributed by atoms with Gasteiger partial charge in [0.1, 0.15) is 17.8 Å². The first-order chi connectivity index (χ1) is 14.2. The van der Waals surface area contributed by atoms with Crippen molar-refractivity contribution in [2.45, 2.75) is 52.9 Å². The molecule has 172 valence electrons. The lowest BCUT2D eigenvalue weighted by Crippen LogP contribution is -2.37. The molecular formula is C21H34IN7O2. The van der Waals surface area contributed by atoms with Crippen LogP contribution < -0.4 is 10.6 Å². The Kier molecular flexibility index (Phi) is 10.7. The molecule has 0 atom stereocenters. The highest BCUT2D eigenvalue weighted by atomic mass is 127. The molecule has 10 heteroatoms. The number of hydrogen-bond acceptors (Lipinski definition) is 5. The summed E-state index contributed by atoms with van der Waals surface area (Å²) in [6.45, 7) is 9.93. The number of amides is 1. The molecule has 31 heavy (non-hydrogen) atoms. The highest BCUT2D eigenvalue weighted by molar-refractivity contribution is 14.0. The number of nitrogens with zero attached hydrogens (tertiary/aromatic N) is 5. The van der Waals surface area contributed by atoms with Gasteiger partial charge in [0.15, 0.2) is 5.96 Å². The molecule has 1 heterocycles. The van der Waals surface area contributed by atoms with E-state index in [9.17, 15) is 4.79 Å². The maximum absolute atomic E-state index is 12.1. The summed E-state index contributed by atoms with van der Waals surface area (Å²) in [5.41, 5.74) is 1.61. The summed E-state index contributed by atoms with van der Waals surface area (Å²) < 4.78 is 7.11. The fraction of sp³-hybridized carbons (Fsp3) is 0.524. The molecule has 0 aliphatic rings. The largest absolute Gasteiger partial charge is 0.444 e. The van der Waals surface area contributed by atoms with Crippen molar-refractivity contribution >= 4 is 36.0 Å². The number of carbonyl (C=O) groups excluding carboxylic acids is 1. The molecule has 2 rings (SSSR count). The van der Waals surface area contributed by atoms with Crippen LogP contribution in [-0.2, 0) is 31.4 Å². The van der Waals surface area contributed by atoms with E-state index in [0.29, 0.717) is 25.6 Å². The van der Waals surface area contributed by atoms with E-state index in [1.807, 2.05) is 59.0 Å². The van der Waals surface area contributed by atoms with E-state index in [2.05, 4.69) is 25.7 Å². The summed E-state index contributed by atoms with van der Waals surface area (Å²) in [6, 6.07) is 8.05. The summed E-state index contributed by atoms with van der Waals surface area (Å²) in [5.74, 6) is 1.55. The highest BCUT2D eigenvalue weighted by Gasteiger charge is 2.19. The molecule has 9 nitrogen and oxygen atoms in total. The molecule has 0 unspecified atom stereocenters. The molecule has 0 aliphatic carbocycles. The van der Waals surface area contributed by atoms with Crippen molar-refractivity contribution in [1.29, 1.82) is 0 Å². The normalized spacial score (nSPS) is 11.5. The minimum Gasteiger partial charge on any atom is -0.444 e. The summed E-state index contributed by atoms with van der Waals surface area (Å²) in [5, 5.41) is 10.6. The van der Waals surface area contributed by atoms with Gasteiger partial charge in [-0.2, -0.15) is 5.10 Å². The Morgan fingerprint density at radius 1 is 1.19 bits per heavy atom. The number of guanidine groups is 1. The zero-order chi connectivity index (χ0) is 22.1. The number of rotatable bonds is 7. The van der Waals surface area contributed by atoms with Crippen LogP contribution in [0.4, 0.5) is 4.79 Å². The van der Waals surface area contributed by atoms with Gasteiger partial charge in [0, 0.05) is 27.2 Å². The molecule has 0 bridgehead atoms. The Balaban J connectivity index is 0.00000480. The quantitative estimate of drug-likeness (QED) is 0.317. The van der Waals surface area contributed by atoms with E-state index in [4.69, 9.17) is 4.74 Å². The van der Waals surface area contributed by atoms with Gasteiger partial charge >= 0.3 is 6.09 Å². The van der Waals surface area contributed by atoms with Crippen LogP contribution in [0.3, 0.4) is 0 Å². The van der Waals surface area contributed by atoms with E-state index in [-0.39, 0.29) is 30.1 Å². The Labute approximate surface area is 201 Å². The predicted octanol–water partition coefficient (Wildman–Crippen LogP) is 3.06. The maximum Gasteiger partial charge on any atom is 0.410 e. The van der Waals surface area contributed by atoms with Crippen LogP contribution in [0.5, 0.6) is 0 Å². The van der Waals surface area contributed by atoms with Gasteiger partial charge in [0.2, 0.25) is 0 Å². The minimum absolute atomic E-state index is 0. The van der Waals surface area contributed by atoms with Crippen molar-refractivity contribution in [2.75, 3.05) is 13.6 Å². The fourth-order valence-corrected chi connectivity index (χ4v) is 2.58. The zero-order valence-electron chi connectivity index (χ0n) is 19.2. The fourth-order valence-electron chi connectivity index (χ4n) is 2.58. The second-order valence-electron chi connectivity index (χ2n) is 8.00. The number of aromatic nitrogens is 3. The SMILES string of the molecule is CCNC(=NCc1ccc(CN(C)C(=O)OC(C)(C)C)cc1)NCc1ncnn1C.I. The monoisotopic (exact) mass is 543 g/mol. The molecule has 1 aromatic heterocycles. The van der Waals surface area contributed by atoms with Crippen molar-refractivity contribution in [3.63, 3.8) is 0 Å². The van der Waals surface area contributed by atoms with Gasteiger partial charge in [-0.3, -0.25) is 4.68 Å². The van der Waals surface area contributed by atoms with Crippen molar-refractivity contribution in [3.05, 3.63) is 47.5 Å². The van der Waals surface area contributed by atoms with Gasteiger partial charge in [-0.15, -0.1) is 24.0 Å². The summed E-state index contributed by atoms with van der Waals surface area (Å²) in [7, 11) is 3.59. The topological polar surface area (TPSA) is 96.7 Å². The molecule has 0 radical (unpaired) electrons. The van der Waals surface area contributed by atoms with Crippen LogP contribution in [-0.4, -0.2) is 50.9 Å². The Hall–Kier alpha value is -2.37. The number of aryl methyl sites for hydroxylation is 1. The Bertz CT molecular complexity index is 844. The molecule has 0 aliphatic heterocycles. The summed E-state index contributed by atoms with van der Waals surface area (Å²) in [4.78, 5) is 22.5. The van der Waals surface area contributed by atoms with E-state index in [1.165, 1.54) is 6.33 Å². The first kappa shape index (κ1) is 26.7. The van der Waals surface area contributed by atoms with E-state index >= 15 is 0 Å². The van der Waals surface area contributed by atoms with Gasteiger partial charge in [-0.1, -0.05) is 24.3 Å². The number of halogens is 1. The highest BCUT2D eigenvalue weighted by Crippen LogP contribution is 2.12. The maximum atomic E-state index is 12.1. The van der Waals surface area contributed by atoms with Gasteiger partial charge in [-0.25, -0.2) is 14.8 Å². The number of nitrogens with one attached hydrogen (secondary N) is 2. The third-order valence-corrected chi connectivity index (χ3v) is 4.13. The second kappa shape index (κ2) is 12.5. The van der Waals surface area contributed by atoms with Gasteiger partial charge in [-0.05, 0) is 38.8 Å². The van der Waals surface area contributed by atoms with Crippen molar-refractivity contribution in [3.8, 4) is 0 Å². The van der Waals surface area contributed by atoms with Crippen LogP contribution in [0.15, 0.2) is 35.6 Å². The standard InChI is InChI=1S/C21H33N7O2.HI/c1-7-22-19(24-13-18-25-15-26-28(18)6)23-12-16-8-10-17(11-9-16)14-27(5)20(29)30-21(2,3)4;/h8-11,15H,7,12-14H2,1-6H3,(H2,22,23,24);1H. The van der Waals surface area contributed by atoms with Crippen LogP contribution in [0, 0.1) is 0 Å². The van der Waals surface area contributed by atoms with Gasteiger partial charge < -0.3 is 20.3 Å². The van der Waals surface area contributed by atoms with Crippen LogP contribution >= 0.6 is 24.0 Å². The lowest BCUT2D eigenvalue weighted by atomic mass is 10.1. The molecule has 0 saturated heterocycles. The number of carbonyl (C=O) groups is 1. The summed E-state index contributed by atoms with van der Waals surface area (Å²) >= 11 is 0. The number of hydrogen-bond donors (Lipinski definition) is 2. The lowest BCUT2D eigenvalue weighted by Gasteiger charge is -2.24. The van der Waals surface area contributed by atoms with Crippen molar-refractivity contribution < 1.29 is 9.53 Å². The van der Waals surface area contributed by atoms with Crippen molar-refractivity contribution in [2.24, 2.45) is 12.0 Å². The zero-order valence-corrected chi connectivity index (χ0v) is 21.5.